The molecule has 0 unspecified atom stereocenters. The molecular formula is C17H21N3O5. The lowest BCUT2D eigenvalue weighted by Gasteiger charge is -2.35. The lowest BCUT2D eigenvalue weighted by molar-refractivity contribution is -0.135. The topological polar surface area (TPSA) is 106 Å². The van der Waals surface area contributed by atoms with Gasteiger partial charge in [-0.2, -0.15) is 0 Å². The van der Waals surface area contributed by atoms with E-state index in [2.05, 4.69) is 4.98 Å². The molecule has 1 aliphatic heterocycles. The van der Waals surface area contributed by atoms with Crippen molar-refractivity contribution in [3.63, 3.8) is 0 Å². The van der Waals surface area contributed by atoms with E-state index in [-0.39, 0.29) is 40.9 Å². The highest BCUT2D eigenvalue weighted by molar-refractivity contribution is 6.02. The van der Waals surface area contributed by atoms with Crippen molar-refractivity contribution in [2.75, 3.05) is 6.54 Å². The molecule has 25 heavy (non-hydrogen) atoms. The van der Waals surface area contributed by atoms with Gasteiger partial charge in [-0.3, -0.25) is 14.2 Å². The third-order valence-corrected chi connectivity index (χ3v) is 4.79. The fraction of sp³-hybridized carbons (Fsp3) is 0.529. The van der Waals surface area contributed by atoms with Crippen molar-refractivity contribution in [3.05, 3.63) is 28.0 Å². The Bertz CT molecular complexity index is 882. The number of aryl methyl sites for hydroxylation is 1. The van der Waals surface area contributed by atoms with Crippen molar-refractivity contribution >= 4 is 23.0 Å². The van der Waals surface area contributed by atoms with Gasteiger partial charge in [0.05, 0.1) is 0 Å². The Morgan fingerprint density at radius 3 is 2.84 bits per heavy atom. The first-order valence-electron chi connectivity index (χ1n) is 8.45. The third kappa shape index (κ3) is 3.04. The molecule has 0 saturated carbocycles. The Morgan fingerprint density at radius 2 is 2.16 bits per heavy atom. The highest BCUT2D eigenvalue weighted by Gasteiger charge is 2.27. The fourth-order valence-electron chi connectivity index (χ4n) is 3.50. The molecule has 0 radical (unpaired) electrons. The standard InChI is InChI=1S/C17H21N3O5/c1-3-11-6-4-5-7-20(11)12(21)8-19-9-18-15-14(16(19)22)13(17(23)24)10(2)25-15/h9,11H,3-8H2,1-2H3,(H,23,24)/t11-/m0/s1. The first-order valence-corrected chi connectivity index (χ1v) is 8.45. The second kappa shape index (κ2) is 6.70. The number of nitrogens with zero attached hydrogens (tertiary/aromatic N) is 3. The summed E-state index contributed by atoms with van der Waals surface area (Å²) in [6, 6.07) is 0.194. The van der Waals surface area contributed by atoms with Crippen LogP contribution in [0.1, 0.15) is 48.7 Å². The Kier molecular flexibility index (Phi) is 4.61. The number of hydrogen-bond donors (Lipinski definition) is 1. The molecule has 3 heterocycles. The zero-order valence-corrected chi connectivity index (χ0v) is 14.3. The maximum absolute atomic E-state index is 12.7. The van der Waals surface area contributed by atoms with Gasteiger partial charge < -0.3 is 14.4 Å². The van der Waals surface area contributed by atoms with Gasteiger partial charge in [-0.05, 0) is 32.6 Å². The lowest BCUT2D eigenvalue weighted by atomic mass is 10.00. The summed E-state index contributed by atoms with van der Waals surface area (Å²) < 4.78 is 6.41. The number of hydrogen-bond acceptors (Lipinski definition) is 5. The summed E-state index contributed by atoms with van der Waals surface area (Å²) in [5.41, 5.74) is -0.788. The Balaban J connectivity index is 1.95. The van der Waals surface area contributed by atoms with Crippen LogP contribution in [0, 0.1) is 6.92 Å². The number of furan rings is 1. The Hall–Kier alpha value is -2.64. The van der Waals surface area contributed by atoms with Gasteiger partial charge >= 0.3 is 5.97 Å². The number of piperidine rings is 1. The summed E-state index contributed by atoms with van der Waals surface area (Å²) in [7, 11) is 0. The van der Waals surface area contributed by atoms with Gasteiger partial charge in [0.2, 0.25) is 11.6 Å². The van der Waals surface area contributed by atoms with E-state index in [0.29, 0.717) is 6.54 Å². The molecule has 1 N–H and O–H groups in total. The molecule has 2 aromatic rings. The van der Waals surface area contributed by atoms with E-state index in [1.807, 2.05) is 11.8 Å². The van der Waals surface area contributed by atoms with Crippen LogP contribution in [0.25, 0.3) is 11.1 Å². The molecule has 134 valence electrons. The monoisotopic (exact) mass is 347 g/mol. The van der Waals surface area contributed by atoms with Gasteiger partial charge in [0.15, 0.2) is 0 Å². The van der Waals surface area contributed by atoms with Crippen molar-refractivity contribution in [2.45, 2.75) is 52.1 Å². The SMILES string of the molecule is CC[C@H]1CCCCN1C(=O)Cn1cnc2oc(C)c(C(=O)O)c2c1=O. The second-order valence-corrected chi connectivity index (χ2v) is 6.34. The molecule has 8 nitrogen and oxygen atoms in total. The lowest BCUT2D eigenvalue weighted by Crippen LogP contribution is -2.45. The van der Waals surface area contributed by atoms with Gasteiger partial charge in [-0.25, -0.2) is 9.78 Å². The number of carbonyl (C=O) groups is 2. The molecule has 0 spiro atoms. The molecule has 2 aromatic heterocycles. The first-order chi connectivity index (χ1) is 11.9. The third-order valence-electron chi connectivity index (χ3n) is 4.79. The molecule has 1 aliphatic rings. The van der Waals surface area contributed by atoms with E-state index < -0.39 is 11.5 Å². The van der Waals surface area contributed by atoms with E-state index in [4.69, 9.17) is 4.42 Å². The molecule has 8 heteroatoms. The number of carbonyl (C=O) groups excluding carboxylic acids is 1. The van der Waals surface area contributed by atoms with Crippen LogP contribution in [0.4, 0.5) is 0 Å². The number of fused-ring (bicyclic) bond motifs is 1. The summed E-state index contributed by atoms with van der Waals surface area (Å²) in [6.45, 7) is 4.05. The minimum Gasteiger partial charge on any atom is -0.478 e. The average molecular weight is 347 g/mol. The van der Waals surface area contributed by atoms with Crippen LogP contribution in [0.3, 0.4) is 0 Å². The van der Waals surface area contributed by atoms with Crippen LogP contribution in [-0.2, 0) is 11.3 Å². The van der Waals surface area contributed by atoms with Crippen molar-refractivity contribution in [3.8, 4) is 0 Å². The number of carboxylic acids is 1. The summed E-state index contributed by atoms with van der Waals surface area (Å²) in [6.07, 6.45) is 5.15. The zero-order valence-electron chi connectivity index (χ0n) is 14.3. The number of carboxylic acid groups (broad SMARTS) is 1. The van der Waals surface area contributed by atoms with Crippen LogP contribution >= 0.6 is 0 Å². The van der Waals surface area contributed by atoms with Crippen LogP contribution < -0.4 is 5.56 Å². The number of aromatic carboxylic acids is 1. The molecule has 3 rings (SSSR count). The first kappa shape index (κ1) is 17.2. The molecular weight excluding hydrogens is 326 g/mol. The average Bonchev–Trinajstić information content (AvgIpc) is 2.94. The predicted octanol–water partition coefficient (Wildman–Crippen LogP) is 1.79. The smallest absolute Gasteiger partial charge is 0.340 e. The van der Waals surface area contributed by atoms with Gasteiger partial charge in [-0.1, -0.05) is 6.92 Å². The number of amides is 1. The number of rotatable bonds is 4. The summed E-state index contributed by atoms with van der Waals surface area (Å²) >= 11 is 0. The van der Waals surface area contributed by atoms with Crippen molar-refractivity contribution in [1.29, 1.82) is 0 Å². The molecule has 1 saturated heterocycles. The van der Waals surface area contributed by atoms with E-state index in [1.54, 1.807) is 0 Å². The largest absolute Gasteiger partial charge is 0.478 e. The summed E-state index contributed by atoms with van der Waals surface area (Å²) in [5.74, 6) is -1.27. The van der Waals surface area contributed by atoms with Crippen LogP contribution in [-0.4, -0.2) is 44.0 Å². The van der Waals surface area contributed by atoms with Gasteiger partial charge in [0, 0.05) is 12.6 Å². The second-order valence-electron chi connectivity index (χ2n) is 6.34. The normalized spacial score (nSPS) is 17.8. The summed E-state index contributed by atoms with van der Waals surface area (Å²) in [5, 5.41) is 9.22. The number of likely N-dealkylation sites (tertiary alicyclic amines) is 1. The zero-order chi connectivity index (χ0) is 18.1. The highest BCUT2D eigenvalue weighted by atomic mass is 16.4. The van der Waals surface area contributed by atoms with E-state index in [9.17, 15) is 19.5 Å². The molecule has 1 atom stereocenters. The van der Waals surface area contributed by atoms with E-state index in [1.165, 1.54) is 13.3 Å². The van der Waals surface area contributed by atoms with E-state index >= 15 is 0 Å². The maximum Gasteiger partial charge on any atom is 0.340 e. The minimum atomic E-state index is -1.25. The van der Waals surface area contributed by atoms with Gasteiger partial charge in [-0.15, -0.1) is 0 Å². The van der Waals surface area contributed by atoms with Gasteiger partial charge in [0.25, 0.3) is 5.56 Å². The molecule has 1 fully saturated rings. The minimum absolute atomic E-state index is 0.0204. The molecule has 0 aliphatic carbocycles. The molecule has 0 aromatic carbocycles. The number of aromatic nitrogens is 2. The van der Waals surface area contributed by atoms with Gasteiger partial charge in [0.1, 0.15) is 29.6 Å². The Labute approximate surface area is 144 Å². The maximum atomic E-state index is 12.7. The van der Waals surface area contributed by atoms with Crippen molar-refractivity contribution in [1.82, 2.24) is 14.5 Å². The molecule has 1 amide bonds. The summed E-state index contributed by atoms with van der Waals surface area (Å²) in [4.78, 5) is 42.5. The van der Waals surface area contributed by atoms with E-state index in [0.717, 1.165) is 30.3 Å². The quantitative estimate of drug-likeness (QED) is 0.904. The van der Waals surface area contributed by atoms with Crippen LogP contribution in [0.5, 0.6) is 0 Å². The van der Waals surface area contributed by atoms with Crippen LogP contribution in [0.15, 0.2) is 15.5 Å². The fourth-order valence-corrected chi connectivity index (χ4v) is 3.50. The van der Waals surface area contributed by atoms with Crippen molar-refractivity contribution < 1.29 is 19.1 Å². The highest BCUT2D eigenvalue weighted by Crippen LogP contribution is 2.22. The Morgan fingerprint density at radius 1 is 1.40 bits per heavy atom. The predicted molar refractivity (Wildman–Crippen MR) is 89.6 cm³/mol. The van der Waals surface area contributed by atoms with Crippen LogP contribution in [0.2, 0.25) is 0 Å². The van der Waals surface area contributed by atoms with Crippen molar-refractivity contribution in [2.24, 2.45) is 0 Å². The molecule has 0 bridgehead atoms.